The first-order valence-electron chi connectivity index (χ1n) is 4.61. The molecule has 1 saturated heterocycles. The van der Waals surface area contributed by atoms with Crippen molar-refractivity contribution < 1.29 is 25.2 Å². The molecule has 6 atom stereocenters. The van der Waals surface area contributed by atoms with Crippen molar-refractivity contribution in [2.24, 2.45) is 5.73 Å². The van der Waals surface area contributed by atoms with Crippen LogP contribution in [0.4, 0.5) is 0 Å². The van der Waals surface area contributed by atoms with E-state index in [9.17, 15) is 15.3 Å². The summed E-state index contributed by atoms with van der Waals surface area (Å²) in [4.78, 5) is 0. The van der Waals surface area contributed by atoms with E-state index in [1.807, 2.05) is 0 Å². The van der Waals surface area contributed by atoms with Gasteiger partial charge in [0.05, 0.1) is 6.61 Å². The van der Waals surface area contributed by atoms with E-state index in [1.54, 1.807) is 0 Å². The van der Waals surface area contributed by atoms with Crippen LogP contribution >= 0.6 is 0 Å². The predicted molar refractivity (Wildman–Crippen MR) is 45.3 cm³/mol. The predicted octanol–water partition coefficient (Wildman–Crippen LogP) is -3.07. The number of aliphatic hydroxyl groups excluding tert-OH is 4. The number of rotatable bonds is 1. The Morgan fingerprint density at radius 1 is 1.29 bits per heavy atom. The van der Waals surface area contributed by atoms with Crippen molar-refractivity contribution >= 4 is 0 Å². The zero-order valence-electron chi connectivity index (χ0n) is 7.58. The van der Waals surface area contributed by atoms with Gasteiger partial charge in [-0.1, -0.05) is 0 Å². The van der Waals surface area contributed by atoms with E-state index in [-0.39, 0.29) is 6.04 Å². The fraction of sp³-hybridized carbons (Fsp3) is 1.00. The molecule has 0 unspecified atom stereocenters. The molecule has 0 bridgehead atoms. The molecule has 1 aliphatic heterocycles. The molecule has 6 N–H and O–H groups in total. The minimum atomic E-state index is -1.31. The fourth-order valence-electron chi connectivity index (χ4n) is 2.02. The number of hydrogen-bond donors (Lipinski definition) is 5. The van der Waals surface area contributed by atoms with Crippen molar-refractivity contribution in [2.45, 2.75) is 42.5 Å². The van der Waals surface area contributed by atoms with Crippen LogP contribution < -0.4 is 5.73 Å². The molecule has 2 aliphatic rings. The van der Waals surface area contributed by atoms with Gasteiger partial charge in [-0.05, 0) is 6.42 Å². The van der Waals surface area contributed by atoms with E-state index >= 15 is 0 Å². The first-order valence-corrected chi connectivity index (χ1v) is 4.61. The van der Waals surface area contributed by atoms with Gasteiger partial charge in [-0.2, -0.15) is 0 Å². The number of aliphatic hydroxyl groups is 4. The molecule has 82 valence electrons. The molecule has 0 aromatic rings. The third-order valence-electron chi connectivity index (χ3n) is 3.11. The standard InChI is InChI=1S/C8H15NO5/c9-4-1-8(4)7(13)6(12)5(11)3(2-10)14-8/h3-7,10-13H,1-2,9H2/t3-,4+,5-,6+,7-,8+/m1/s1. The second-order valence-electron chi connectivity index (χ2n) is 4.03. The van der Waals surface area contributed by atoms with Crippen molar-refractivity contribution in [3.05, 3.63) is 0 Å². The summed E-state index contributed by atoms with van der Waals surface area (Å²) < 4.78 is 5.31. The molecular weight excluding hydrogens is 190 g/mol. The molecule has 1 aliphatic carbocycles. The highest BCUT2D eigenvalue weighted by Crippen LogP contribution is 2.47. The Balaban J connectivity index is 2.16. The van der Waals surface area contributed by atoms with Gasteiger partial charge < -0.3 is 30.9 Å². The highest BCUT2D eigenvalue weighted by molar-refractivity contribution is 5.19. The Bertz CT molecular complexity index is 236. The van der Waals surface area contributed by atoms with Crippen LogP contribution in [0.5, 0.6) is 0 Å². The van der Waals surface area contributed by atoms with Crippen LogP contribution in [-0.2, 0) is 4.74 Å². The van der Waals surface area contributed by atoms with E-state index in [4.69, 9.17) is 15.6 Å². The van der Waals surface area contributed by atoms with Gasteiger partial charge in [0.2, 0.25) is 0 Å². The molecule has 2 fully saturated rings. The molecule has 0 aromatic carbocycles. The Labute approximate surface area is 80.9 Å². The highest BCUT2D eigenvalue weighted by atomic mass is 16.6. The average molecular weight is 205 g/mol. The van der Waals surface area contributed by atoms with E-state index in [0.717, 1.165) is 0 Å². The SMILES string of the molecule is N[C@H]1C[C@]12O[C@H](CO)[C@@H](O)[C@H](O)[C@H]2O. The largest absolute Gasteiger partial charge is 0.394 e. The lowest BCUT2D eigenvalue weighted by Crippen LogP contribution is -2.61. The van der Waals surface area contributed by atoms with Crippen LogP contribution in [0.2, 0.25) is 0 Å². The van der Waals surface area contributed by atoms with Gasteiger partial charge in [-0.3, -0.25) is 0 Å². The van der Waals surface area contributed by atoms with Crippen LogP contribution in [0.25, 0.3) is 0 Å². The lowest BCUT2D eigenvalue weighted by Gasteiger charge is -2.41. The molecule has 14 heavy (non-hydrogen) atoms. The first kappa shape index (κ1) is 10.3. The normalized spacial score (nSPS) is 57.6. The maximum absolute atomic E-state index is 9.63. The van der Waals surface area contributed by atoms with Gasteiger partial charge in [0, 0.05) is 6.04 Å². The number of nitrogens with two attached hydrogens (primary N) is 1. The third kappa shape index (κ3) is 1.19. The Hall–Kier alpha value is -0.240. The van der Waals surface area contributed by atoms with E-state index in [1.165, 1.54) is 0 Å². The number of hydrogen-bond acceptors (Lipinski definition) is 6. The third-order valence-corrected chi connectivity index (χ3v) is 3.11. The topological polar surface area (TPSA) is 116 Å². The van der Waals surface area contributed by atoms with E-state index in [2.05, 4.69) is 0 Å². The Morgan fingerprint density at radius 2 is 1.86 bits per heavy atom. The molecule has 0 aromatic heterocycles. The van der Waals surface area contributed by atoms with E-state index < -0.39 is 36.6 Å². The average Bonchev–Trinajstić information content (AvgIpc) is 2.81. The summed E-state index contributed by atoms with van der Waals surface area (Å²) in [5.74, 6) is 0. The molecule has 1 saturated carbocycles. The first-order chi connectivity index (χ1) is 6.53. The van der Waals surface area contributed by atoms with Crippen LogP contribution in [-0.4, -0.2) is 63.1 Å². The van der Waals surface area contributed by atoms with Crippen LogP contribution in [0.1, 0.15) is 6.42 Å². The summed E-state index contributed by atoms with van der Waals surface area (Å²) in [5.41, 5.74) is 4.62. The summed E-state index contributed by atoms with van der Waals surface area (Å²) in [6, 6.07) is -0.339. The van der Waals surface area contributed by atoms with Crippen molar-refractivity contribution in [1.82, 2.24) is 0 Å². The minimum absolute atomic E-state index is 0.339. The molecule has 0 radical (unpaired) electrons. The summed E-state index contributed by atoms with van der Waals surface area (Å²) >= 11 is 0. The summed E-state index contributed by atoms with van der Waals surface area (Å²) in [6.45, 7) is -0.403. The molecule has 6 nitrogen and oxygen atoms in total. The van der Waals surface area contributed by atoms with Gasteiger partial charge in [0.15, 0.2) is 0 Å². The maximum atomic E-state index is 9.63. The summed E-state index contributed by atoms with van der Waals surface area (Å²) in [6.07, 6.45) is -4.20. The number of ether oxygens (including phenoxy) is 1. The van der Waals surface area contributed by atoms with E-state index in [0.29, 0.717) is 6.42 Å². The highest BCUT2D eigenvalue weighted by Gasteiger charge is 2.65. The maximum Gasteiger partial charge on any atom is 0.114 e. The van der Waals surface area contributed by atoms with Gasteiger partial charge in [-0.15, -0.1) is 0 Å². The van der Waals surface area contributed by atoms with Gasteiger partial charge in [0.1, 0.15) is 30.0 Å². The summed E-state index contributed by atoms with van der Waals surface area (Å²) in [7, 11) is 0. The van der Waals surface area contributed by atoms with Crippen LogP contribution in [0.3, 0.4) is 0 Å². The van der Waals surface area contributed by atoms with Gasteiger partial charge >= 0.3 is 0 Å². The second kappa shape index (κ2) is 3.13. The molecule has 6 heteroatoms. The van der Waals surface area contributed by atoms with Gasteiger partial charge in [-0.25, -0.2) is 0 Å². The summed E-state index contributed by atoms with van der Waals surface area (Å²) in [5, 5.41) is 37.4. The monoisotopic (exact) mass is 205 g/mol. The van der Waals surface area contributed by atoms with Crippen molar-refractivity contribution in [1.29, 1.82) is 0 Å². The van der Waals surface area contributed by atoms with Crippen LogP contribution in [0, 0.1) is 0 Å². The fourth-order valence-corrected chi connectivity index (χ4v) is 2.02. The Kier molecular flexibility index (Phi) is 2.30. The lowest BCUT2D eigenvalue weighted by atomic mass is 9.93. The zero-order valence-corrected chi connectivity index (χ0v) is 7.58. The zero-order chi connectivity index (χ0) is 10.5. The van der Waals surface area contributed by atoms with Crippen molar-refractivity contribution in [3.63, 3.8) is 0 Å². The quantitative estimate of drug-likeness (QED) is 0.310. The second-order valence-corrected chi connectivity index (χ2v) is 4.03. The minimum Gasteiger partial charge on any atom is -0.394 e. The molecule has 1 heterocycles. The van der Waals surface area contributed by atoms with Crippen LogP contribution in [0.15, 0.2) is 0 Å². The van der Waals surface area contributed by atoms with Crippen molar-refractivity contribution in [3.8, 4) is 0 Å². The van der Waals surface area contributed by atoms with Crippen molar-refractivity contribution in [2.75, 3.05) is 6.61 Å². The molecule has 1 spiro atoms. The molecular formula is C8H15NO5. The molecule has 2 rings (SSSR count). The van der Waals surface area contributed by atoms with Gasteiger partial charge in [0.25, 0.3) is 0 Å². The lowest BCUT2D eigenvalue weighted by molar-refractivity contribution is -0.241. The molecule has 0 amide bonds. The smallest absolute Gasteiger partial charge is 0.114 e. The Morgan fingerprint density at radius 3 is 2.29 bits per heavy atom.